The van der Waals surface area contributed by atoms with E-state index in [0.29, 0.717) is 16.3 Å². The third-order valence-electron chi connectivity index (χ3n) is 8.17. The third kappa shape index (κ3) is 9.28. The summed E-state index contributed by atoms with van der Waals surface area (Å²) in [6.07, 6.45) is -0.473. The van der Waals surface area contributed by atoms with E-state index < -0.39 is 47.2 Å². The fourth-order valence-corrected chi connectivity index (χ4v) is 5.75. The molecule has 3 aromatic rings. The van der Waals surface area contributed by atoms with Gasteiger partial charge in [-0.3, -0.25) is 19.9 Å². The molecule has 2 aromatic carbocycles. The van der Waals surface area contributed by atoms with E-state index in [1.54, 1.807) is 17.0 Å². The minimum Gasteiger partial charge on any atom is -0.465 e. The lowest BCUT2D eigenvalue weighted by atomic mass is 9.84. The lowest BCUT2D eigenvalue weighted by Crippen LogP contribution is -2.60. The maximum Gasteiger partial charge on any atom is 0.412 e. The number of hydrazine groups is 1. The van der Waals surface area contributed by atoms with Gasteiger partial charge in [0.05, 0.1) is 17.1 Å². The van der Waals surface area contributed by atoms with Gasteiger partial charge in [-0.15, -0.1) is 0 Å². The van der Waals surface area contributed by atoms with Gasteiger partial charge in [-0.2, -0.15) is 0 Å². The number of amides is 4. The van der Waals surface area contributed by atoms with E-state index in [0.717, 1.165) is 0 Å². The number of hydrogen-bond acceptors (Lipinski definition) is 7. The zero-order valence-corrected chi connectivity index (χ0v) is 27.9. The number of nitrogens with zero attached hydrogens (tertiary/aromatic N) is 4. The first-order chi connectivity index (χ1) is 22.6. The Bertz CT molecular complexity index is 1670. The van der Waals surface area contributed by atoms with Crippen LogP contribution in [0, 0.1) is 17.0 Å². The van der Waals surface area contributed by atoms with Crippen molar-refractivity contribution in [2.75, 3.05) is 31.6 Å². The Morgan fingerprint density at radius 2 is 1.88 bits per heavy atom. The number of carboxylic acid groups (broad SMARTS) is 1. The first-order valence-electron chi connectivity index (χ1n) is 15.4. The summed E-state index contributed by atoms with van der Waals surface area (Å²) in [4.78, 5) is 58.0. The second-order valence-corrected chi connectivity index (χ2v) is 13.0. The van der Waals surface area contributed by atoms with Crippen LogP contribution < -0.4 is 10.7 Å². The van der Waals surface area contributed by atoms with Gasteiger partial charge in [0.15, 0.2) is 0 Å². The predicted octanol–water partition coefficient (Wildman–Crippen LogP) is 5.65. The van der Waals surface area contributed by atoms with Crippen molar-refractivity contribution in [3.05, 3.63) is 70.9 Å². The molecule has 0 bridgehead atoms. The minimum absolute atomic E-state index is 0.0468. The van der Waals surface area contributed by atoms with E-state index in [1.165, 1.54) is 53.4 Å². The monoisotopic (exact) mass is 688 g/mol. The van der Waals surface area contributed by atoms with Crippen molar-refractivity contribution in [2.45, 2.75) is 59.2 Å². The Hall–Kier alpha value is -4.56. The Morgan fingerprint density at radius 1 is 1.12 bits per heavy atom. The van der Waals surface area contributed by atoms with Gasteiger partial charge in [0, 0.05) is 51.1 Å². The number of carbonyl (C=O) groups excluding carboxylic acids is 3. The number of anilines is 1. The molecule has 2 heterocycles. The number of ether oxygens (including phenoxy) is 1. The van der Waals surface area contributed by atoms with Crippen molar-refractivity contribution < 1.29 is 37.8 Å². The van der Waals surface area contributed by atoms with Gasteiger partial charge < -0.3 is 19.6 Å². The van der Waals surface area contributed by atoms with Crippen LogP contribution in [0.25, 0.3) is 10.8 Å². The van der Waals surface area contributed by atoms with Crippen molar-refractivity contribution in [2.24, 2.45) is 5.41 Å². The van der Waals surface area contributed by atoms with Gasteiger partial charge in [-0.25, -0.2) is 28.8 Å². The van der Waals surface area contributed by atoms with Crippen LogP contribution in [0.15, 0.2) is 48.7 Å². The molecule has 0 aliphatic carbocycles. The van der Waals surface area contributed by atoms with Gasteiger partial charge in [0.2, 0.25) is 11.8 Å². The average Bonchev–Trinajstić information content (AvgIpc) is 3.02. The van der Waals surface area contributed by atoms with Gasteiger partial charge in [0.1, 0.15) is 24.1 Å². The summed E-state index contributed by atoms with van der Waals surface area (Å²) in [6, 6.07) is 8.62. The molecule has 4 amide bonds. The maximum atomic E-state index is 14.1. The van der Waals surface area contributed by atoms with Crippen molar-refractivity contribution in [1.29, 1.82) is 0 Å². The van der Waals surface area contributed by atoms with Gasteiger partial charge in [-0.05, 0) is 53.1 Å². The fraction of sp³-hybridized carbons (Fsp3) is 0.424. The highest BCUT2D eigenvalue weighted by molar-refractivity contribution is 6.31. The Balaban J connectivity index is 1.48. The van der Waals surface area contributed by atoms with Crippen LogP contribution in [-0.4, -0.2) is 87.2 Å². The molecular formula is C33H39ClF2N6O6. The number of piperazine rings is 1. The van der Waals surface area contributed by atoms with Crippen molar-refractivity contribution >= 4 is 52.2 Å². The predicted molar refractivity (Wildman–Crippen MR) is 175 cm³/mol. The van der Waals surface area contributed by atoms with Crippen LogP contribution in [0.4, 0.5) is 24.2 Å². The second-order valence-electron chi connectivity index (χ2n) is 12.6. The number of hydrogen-bond donors (Lipinski definition) is 3. The molecular weight excluding hydrogens is 650 g/mol. The molecule has 1 aromatic heterocycles. The van der Waals surface area contributed by atoms with E-state index in [9.17, 15) is 33.1 Å². The van der Waals surface area contributed by atoms with Crippen LogP contribution in [0.3, 0.4) is 0 Å². The molecule has 1 unspecified atom stereocenters. The topological polar surface area (TPSA) is 144 Å². The van der Waals surface area contributed by atoms with Crippen LogP contribution >= 0.6 is 11.6 Å². The molecule has 1 aliphatic heterocycles. The number of rotatable bonds is 10. The van der Waals surface area contributed by atoms with Crippen LogP contribution in [0.2, 0.25) is 5.02 Å². The standard InChI is InChI=1S/C33H39ClF2N6O6/c1-20(43)42(38-17-22-6-5-7-26(36)30(22)34)25(10-11-29(44)40-12-13-41(32(46)47)27(18-40)33(2,3)4)19-48-31(45)39-28-15-23-14-24(35)9-8-21(23)16-37-28/h5-9,14-16,25,27,38H,10-13,17-19H2,1-4H3,(H,46,47)(H,37,39,45)/t25-,27?/m0/s1. The molecule has 2 atom stereocenters. The van der Waals surface area contributed by atoms with Gasteiger partial charge >= 0.3 is 12.2 Å². The van der Waals surface area contributed by atoms with E-state index >= 15 is 0 Å². The number of halogens is 3. The number of carbonyl (C=O) groups is 4. The summed E-state index contributed by atoms with van der Waals surface area (Å²) in [6.45, 7) is 7.18. The Labute approximate surface area is 281 Å². The fourth-order valence-electron chi connectivity index (χ4n) is 5.56. The molecule has 1 fully saturated rings. The highest BCUT2D eigenvalue weighted by Gasteiger charge is 2.39. The lowest BCUT2D eigenvalue weighted by Gasteiger charge is -2.46. The molecule has 15 heteroatoms. The third-order valence-corrected chi connectivity index (χ3v) is 8.59. The molecule has 0 saturated carbocycles. The largest absolute Gasteiger partial charge is 0.465 e. The highest BCUT2D eigenvalue weighted by Crippen LogP contribution is 2.28. The Kier molecular flexibility index (Phi) is 11.8. The first kappa shape index (κ1) is 36.3. The van der Waals surface area contributed by atoms with E-state index in [1.807, 2.05) is 20.8 Å². The lowest BCUT2D eigenvalue weighted by molar-refractivity contribution is -0.139. The first-order valence-corrected chi connectivity index (χ1v) is 15.7. The molecule has 0 spiro atoms. The molecule has 48 heavy (non-hydrogen) atoms. The average molecular weight is 689 g/mol. The maximum absolute atomic E-state index is 14.1. The molecule has 258 valence electrons. The normalized spacial score (nSPS) is 15.6. The smallest absolute Gasteiger partial charge is 0.412 e. The summed E-state index contributed by atoms with van der Waals surface area (Å²) in [5, 5.41) is 14.4. The number of aromatic nitrogens is 1. The quantitative estimate of drug-likeness (QED) is 0.232. The molecule has 12 nitrogen and oxygen atoms in total. The van der Waals surface area contributed by atoms with E-state index in [4.69, 9.17) is 16.3 Å². The SMILES string of the molecule is CC(=O)N(NCc1cccc(F)c1Cl)[C@@H](CCC(=O)N1CCN(C(=O)O)C(C(C)(C)C)C1)COC(=O)Nc1cc2cc(F)ccc2cn1. The molecule has 3 N–H and O–H groups in total. The molecule has 1 aliphatic rings. The summed E-state index contributed by atoms with van der Waals surface area (Å²) in [5.41, 5.74) is 2.87. The van der Waals surface area contributed by atoms with E-state index in [2.05, 4.69) is 15.7 Å². The van der Waals surface area contributed by atoms with Crippen LogP contribution in [-0.2, 0) is 20.9 Å². The number of fused-ring (bicyclic) bond motifs is 1. The highest BCUT2D eigenvalue weighted by atomic mass is 35.5. The summed E-state index contributed by atoms with van der Waals surface area (Å²) in [5.74, 6) is -1.69. The summed E-state index contributed by atoms with van der Waals surface area (Å²) >= 11 is 6.11. The summed E-state index contributed by atoms with van der Waals surface area (Å²) in [7, 11) is 0. The van der Waals surface area contributed by atoms with Gasteiger partial charge in [-0.1, -0.05) is 44.5 Å². The second kappa shape index (κ2) is 15.6. The zero-order valence-electron chi connectivity index (χ0n) is 27.1. The van der Waals surface area contributed by atoms with Crippen molar-refractivity contribution in [3.8, 4) is 0 Å². The Morgan fingerprint density at radius 3 is 2.56 bits per heavy atom. The molecule has 4 rings (SSSR count). The van der Waals surface area contributed by atoms with Crippen molar-refractivity contribution in [3.63, 3.8) is 0 Å². The molecule has 0 radical (unpaired) electrons. The summed E-state index contributed by atoms with van der Waals surface area (Å²) < 4.78 is 33.2. The molecule has 1 saturated heterocycles. The van der Waals surface area contributed by atoms with Crippen LogP contribution in [0.1, 0.15) is 46.1 Å². The van der Waals surface area contributed by atoms with Gasteiger partial charge in [0.25, 0.3) is 0 Å². The van der Waals surface area contributed by atoms with Crippen molar-refractivity contribution in [1.82, 2.24) is 25.2 Å². The number of nitrogens with one attached hydrogen (secondary N) is 2. The van der Waals surface area contributed by atoms with E-state index in [-0.39, 0.29) is 62.4 Å². The zero-order chi connectivity index (χ0) is 35.2. The number of pyridine rings is 1. The number of benzene rings is 2. The minimum atomic E-state index is -1.05. The van der Waals surface area contributed by atoms with Crippen LogP contribution in [0.5, 0.6) is 0 Å².